The van der Waals surface area contributed by atoms with E-state index < -0.39 is 368 Å². The second kappa shape index (κ2) is 44.7. The Morgan fingerprint density at radius 1 is 0.395 bits per heavy atom. The van der Waals surface area contributed by atoms with Gasteiger partial charge in [-0.25, -0.2) is 4.99 Å². The molecule has 124 heavy (non-hydrogen) atoms. The van der Waals surface area contributed by atoms with Crippen LogP contribution < -0.4 is 85.2 Å². The van der Waals surface area contributed by atoms with Crippen molar-refractivity contribution in [3.63, 3.8) is 0 Å². The third kappa shape index (κ3) is 22.1. The van der Waals surface area contributed by atoms with Crippen LogP contribution in [0.3, 0.4) is 0 Å². The number of aliphatic imine (C=N–C) groups is 1. The summed E-state index contributed by atoms with van der Waals surface area (Å²) < 4.78 is 86.4. The number of aliphatic hydroxyl groups excluding tert-OH is 22. The summed E-state index contributed by atoms with van der Waals surface area (Å²) in [5.41, 5.74) is 74.3. The van der Waals surface area contributed by atoms with Crippen molar-refractivity contribution in [2.45, 2.75) is 344 Å². The number of ether oxygens (including phenoxy) is 15. The van der Waals surface area contributed by atoms with Crippen LogP contribution in [0, 0.1) is 11.3 Å². The van der Waals surface area contributed by atoms with Crippen LogP contribution in [0.5, 0.6) is 0 Å². The highest BCUT2D eigenvalue weighted by molar-refractivity contribution is 5.76. The molecule has 8 saturated heterocycles. The Labute approximate surface area is 707 Å². The fourth-order valence-electron chi connectivity index (χ4n) is 17.2. The molecule has 56 nitrogen and oxygen atoms in total. The lowest BCUT2D eigenvalue weighted by molar-refractivity contribution is -0.348. The topological polar surface area (TPSA) is 1020 Å². The smallest absolute Gasteiger partial charge is 0.187 e. The van der Waals surface area contributed by atoms with E-state index in [2.05, 4.69) is 15.6 Å². The molecule has 0 aromatic rings. The first-order chi connectivity index (χ1) is 58.4. The maximum absolute atomic E-state index is 12.2. The van der Waals surface area contributed by atoms with Crippen molar-refractivity contribution in [1.82, 2.24) is 10.6 Å². The lowest BCUT2D eigenvalue weighted by Crippen LogP contribution is -2.71. The number of rotatable bonds is 26. The Balaban J connectivity index is 0.000000218. The molecule has 0 bridgehead atoms. The molecule has 52 N–H and O–H groups in total. The van der Waals surface area contributed by atoms with Gasteiger partial charge in [-0.05, 0) is 33.2 Å². The van der Waals surface area contributed by atoms with Crippen LogP contribution in [0.15, 0.2) is 4.99 Å². The van der Waals surface area contributed by atoms with Crippen molar-refractivity contribution in [2.24, 2.45) is 85.4 Å². The maximum Gasteiger partial charge on any atom is 0.187 e. The fourth-order valence-corrected chi connectivity index (χ4v) is 17.2. The largest absolute Gasteiger partial charge is 0.394 e. The Bertz CT molecular complexity index is 3320. The van der Waals surface area contributed by atoms with Gasteiger partial charge in [-0.1, -0.05) is 0 Å². The fraction of sp³-hybridized carbons (Fsp3) is 0.956. The minimum atomic E-state index is -2.30. The van der Waals surface area contributed by atoms with Crippen molar-refractivity contribution < 1.29 is 193 Å². The molecule has 0 spiro atoms. The summed E-state index contributed by atoms with van der Waals surface area (Å²) >= 11 is 0. The Morgan fingerprint density at radius 2 is 0.831 bits per heavy atom. The van der Waals surface area contributed by atoms with E-state index in [9.17, 15) is 122 Å². The number of likely N-dealkylation sites (N-methyl/N-ethyl adjacent to an activating group) is 1. The van der Waals surface area contributed by atoms with Gasteiger partial charge in [0.2, 0.25) is 0 Å². The van der Waals surface area contributed by atoms with Gasteiger partial charge in [0.25, 0.3) is 0 Å². The molecule has 11 fully saturated rings. The van der Waals surface area contributed by atoms with Crippen LogP contribution in [-0.2, 0) is 75.8 Å². The summed E-state index contributed by atoms with van der Waals surface area (Å²) in [7, 11) is 1.43. The van der Waals surface area contributed by atoms with Gasteiger partial charge in [0.15, 0.2) is 67.8 Å². The van der Waals surface area contributed by atoms with E-state index in [1.807, 2.05) is 0 Å². The molecular weight excluding hydrogens is 1680 g/mol. The number of nitrogens with two attached hydrogens (primary N) is 13. The van der Waals surface area contributed by atoms with E-state index in [0.717, 1.165) is 0 Å². The molecule has 53 atom stereocenters. The maximum atomic E-state index is 12.2. The number of guanidine groups is 2. The van der Waals surface area contributed by atoms with Gasteiger partial charge in [-0.2, -0.15) is 0 Å². The first-order valence-corrected chi connectivity index (χ1v) is 40.3. The zero-order chi connectivity index (χ0) is 92.2. The molecule has 722 valence electrons. The molecule has 3 saturated carbocycles. The van der Waals surface area contributed by atoms with Crippen LogP contribution in [0.4, 0.5) is 0 Å². The molecular formula is C68H131N17O39. The van der Waals surface area contributed by atoms with Gasteiger partial charge in [-0.3, -0.25) is 5.41 Å². The zero-order valence-electron chi connectivity index (χ0n) is 67.4. The highest BCUT2D eigenvalue weighted by Crippen LogP contribution is 2.45. The number of carbonyl (C=O) groups excluding carboxylic acids is 1. The van der Waals surface area contributed by atoms with Gasteiger partial charge in [0.05, 0.1) is 106 Å². The number of aldehydes is 1. The van der Waals surface area contributed by atoms with E-state index in [4.69, 9.17) is 151 Å². The van der Waals surface area contributed by atoms with Gasteiger partial charge in [-0.15, -0.1) is 0 Å². The molecule has 11 aliphatic rings. The van der Waals surface area contributed by atoms with Crippen molar-refractivity contribution in [1.29, 1.82) is 5.41 Å². The lowest BCUT2D eigenvalue weighted by atomic mass is 9.76. The number of nitrogens with zero attached hydrogens (tertiary/aromatic N) is 1. The molecule has 8 aliphatic heterocycles. The first-order valence-electron chi connectivity index (χ1n) is 40.3. The van der Waals surface area contributed by atoms with E-state index in [-0.39, 0.29) is 38.6 Å². The molecule has 0 radical (unpaired) electrons. The normalized spacial score (nSPS) is 51.8. The van der Waals surface area contributed by atoms with Crippen LogP contribution in [-0.4, -0.2) is 506 Å². The number of hydrogen-bond acceptors (Lipinski definition) is 52. The summed E-state index contributed by atoms with van der Waals surface area (Å²) in [5.74, 6) is -2.59. The van der Waals surface area contributed by atoms with Crippen molar-refractivity contribution >= 4 is 18.2 Å². The van der Waals surface area contributed by atoms with Gasteiger partial charge in [0, 0.05) is 37.3 Å². The Hall–Kier alpha value is -3.75. The SMILES string of the molecule is CNC1C(O)C(O)C(CO)OC1C1C(OC2C(O)C(O)C(N=C(N)N)C(O)C2NC(=N)N)OC(C)C1(O)C=O.NCC1OC(OC2C(CO)OC(OC3C(O)C(N)CC(N)C3OC3OC(CO)C(O)C(O)C3N)C2O)C(N)C(O)C1OC1OC(CO)C(O)C(O)C1O.NCC1OC(OC2C(N)CC(N)C(OC3OC(CO)C(O)C(N)C3O)C2O)C(N)CC1O. The number of hydrogen-bond donors (Lipinski definition) is 39. The highest BCUT2D eigenvalue weighted by Gasteiger charge is 2.65. The number of carbonyl (C=O) groups is 1. The Morgan fingerprint density at radius 3 is 1.38 bits per heavy atom. The summed E-state index contributed by atoms with van der Waals surface area (Å²) in [6, 6.07) is -11.9. The summed E-state index contributed by atoms with van der Waals surface area (Å²) in [6.45, 7) is -2.34. The third-order valence-electron chi connectivity index (χ3n) is 24.5. The molecule has 3 aliphatic carbocycles. The molecule has 0 aromatic heterocycles. The monoisotopic (exact) mass is 1810 g/mol. The van der Waals surface area contributed by atoms with Crippen LogP contribution in [0.1, 0.15) is 26.2 Å². The molecule has 0 aromatic carbocycles. The predicted octanol–water partition coefficient (Wildman–Crippen LogP) is -25.0. The van der Waals surface area contributed by atoms with Crippen LogP contribution in [0.2, 0.25) is 0 Å². The molecule has 53 unspecified atom stereocenters. The van der Waals surface area contributed by atoms with Crippen LogP contribution in [0.25, 0.3) is 0 Å². The van der Waals surface area contributed by atoms with E-state index in [0.29, 0.717) is 0 Å². The van der Waals surface area contributed by atoms with Crippen molar-refractivity contribution in [3.8, 4) is 0 Å². The molecule has 0 amide bonds. The van der Waals surface area contributed by atoms with Crippen LogP contribution >= 0.6 is 0 Å². The van der Waals surface area contributed by atoms with Crippen molar-refractivity contribution in [3.05, 3.63) is 0 Å². The second-order valence-corrected chi connectivity index (χ2v) is 32.8. The Kier molecular flexibility index (Phi) is 37.4. The lowest BCUT2D eigenvalue weighted by Gasteiger charge is -2.48. The van der Waals surface area contributed by atoms with Gasteiger partial charge >= 0.3 is 0 Å². The van der Waals surface area contributed by atoms with Gasteiger partial charge in [0.1, 0.15) is 177 Å². The van der Waals surface area contributed by atoms with E-state index in [1.165, 1.54) is 14.0 Å². The van der Waals surface area contributed by atoms with E-state index >= 15 is 0 Å². The number of nitrogens with one attached hydrogen (secondary N) is 3. The summed E-state index contributed by atoms with van der Waals surface area (Å²) in [4.78, 5) is 15.9. The molecule has 8 heterocycles. The first kappa shape index (κ1) is 104. The van der Waals surface area contributed by atoms with E-state index in [1.54, 1.807) is 0 Å². The average Bonchev–Trinajstić information content (AvgIpc) is 1.56. The van der Waals surface area contributed by atoms with Crippen molar-refractivity contribution in [2.75, 3.05) is 53.2 Å². The average molecular weight is 1810 g/mol. The standard InChI is InChI=1S/C29H55N5O19.C21H39N7O11.C18H37N5O9/c30-2-8-23(52-28-20(44)19(43)16(40)10(4-36)48-28)18(42)13(34)27(46-8)51-24-11(5-37)49-29(21(24)45)53-25-14(38)6(31)1-7(32)22(25)50-26-12(33)17(41)15(39)9(3-35)47-26;1-5-21(36,4-30)7(16-9(26-2)14(34)11(31)6(3-29)38-16)18(37-5)39-17-10(28-20(24)25)12(32)8(27-19(22)23)13(33)15(17)35;19-3-9-8(25)2-7(22)17(29-9)31-15-5(20)1-6(21)16(14(15)28)32-18-13(27)11(23)12(26)10(4-24)30-18/h6-29,35-45H,1-5,30-34H2;4-18,26,29,31-36H,3H2,1-2H3,(H4,22,23,27)(H4,24,25,28);5-18,24-28H,1-4,19-23H2. The molecule has 56 heteroatoms. The second-order valence-electron chi connectivity index (χ2n) is 32.8. The summed E-state index contributed by atoms with van der Waals surface area (Å²) in [5, 5.41) is 252. The molecule has 11 rings (SSSR count). The minimum Gasteiger partial charge on any atom is -0.394 e. The number of aliphatic hydroxyl groups is 23. The zero-order valence-corrected chi connectivity index (χ0v) is 67.4. The summed E-state index contributed by atoms with van der Waals surface area (Å²) in [6.07, 6.45) is -56.1. The predicted molar refractivity (Wildman–Crippen MR) is 408 cm³/mol. The quantitative estimate of drug-likeness (QED) is 0.0217. The highest BCUT2D eigenvalue weighted by atomic mass is 16.8. The minimum absolute atomic E-state index is 0.0178. The van der Waals surface area contributed by atoms with Gasteiger partial charge < -0.3 is 278 Å². The third-order valence-corrected chi connectivity index (χ3v) is 24.5.